The molecule has 0 unspecified atom stereocenters. The Morgan fingerprint density at radius 1 is 0.968 bits per heavy atom. The van der Waals surface area contributed by atoms with Crippen molar-refractivity contribution in [2.45, 2.75) is 17.7 Å². The Morgan fingerprint density at radius 2 is 1.55 bits per heavy atom. The van der Waals surface area contributed by atoms with Crippen LogP contribution in [0, 0.1) is 0 Å². The second-order valence-corrected chi connectivity index (χ2v) is 9.95. The highest BCUT2D eigenvalue weighted by molar-refractivity contribution is 7.89. The maximum absolute atomic E-state index is 12.7. The van der Waals surface area contributed by atoms with Gasteiger partial charge in [-0.05, 0) is 43.2 Å². The molecule has 1 saturated heterocycles. The van der Waals surface area contributed by atoms with Crippen LogP contribution in [0.25, 0.3) is 0 Å². The summed E-state index contributed by atoms with van der Waals surface area (Å²) >= 11 is 11.8. The van der Waals surface area contributed by atoms with Crippen molar-refractivity contribution in [3.63, 3.8) is 0 Å². The smallest absolute Gasteiger partial charge is 0.262 e. The van der Waals surface area contributed by atoms with Gasteiger partial charge in [0.15, 0.2) is 0 Å². The molecule has 0 saturated carbocycles. The van der Waals surface area contributed by atoms with Crippen molar-refractivity contribution >= 4 is 56.6 Å². The fourth-order valence-corrected chi connectivity index (χ4v) is 5.47. The minimum Gasteiger partial charge on any atom is -0.324 e. The number of rotatable bonds is 5. The van der Waals surface area contributed by atoms with Crippen LogP contribution in [-0.2, 0) is 14.8 Å². The molecule has 0 radical (unpaired) electrons. The van der Waals surface area contributed by atoms with Crippen molar-refractivity contribution in [3.8, 4) is 0 Å². The van der Waals surface area contributed by atoms with Gasteiger partial charge in [-0.2, -0.15) is 4.31 Å². The van der Waals surface area contributed by atoms with E-state index in [2.05, 4.69) is 5.32 Å². The molecule has 3 amide bonds. The maximum Gasteiger partial charge on any atom is 0.262 e. The number of carbonyl (C=O) groups is 3. The van der Waals surface area contributed by atoms with Gasteiger partial charge in [0.25, 0.3) is 11.8 Å². The highest BCUT2D eigenvalue weighted by atomic mass is 35.5. The molecule has 0 aliphatic carbocycles. The van der Waals surface area contributed by atoms with E-state index in [0.29, 0.717) is 13.1 Å². The fourth-order valence-electron chi connectivity index (χ4n) is 3.58. The van der Waals surface area contributed by atoms with Gasteiger partial charge in [0.1, 0.15) is 6.54 Å². The van der Waals surface area contributed by atoms with Crippen molar-refractivity contribution in [1.82, 2.24) is 9.21 Å². The zero-order valence-electron chi connectivity index (χ0n) is 16.1. The minimum atomic E-state index is -3.64. The topological polar surface area (TPSA) is 104 Å². The van der Waals surface area contributed by atoms with Crippen molar-refractivity contribution in [3.05, 3.63) is 57.6 Å². The average molecular weight is 482 g/mol. The summed E-state index contributed by atoms with van der Waals surface area (Å²) in [6.45, 7) is 0.393. The van der Waals surface area contributed by atoms with Gasteiger partial charge in [-0.3, -0.25) is 19.3 Å². The number of amides is 3. The second kappa shape index (κ2) is 8.23. The number of sulfonamides is 1. The molecule has 1 N–H and O–H groups in total. The van der Waals surface area contributed by atoms with Crippen LogP contribution in [0.1, 0.15) is 33.6 Å². The van der Waals surface area contributed by atoms with Crippen LogP contribution in [0.5, 0.6) is 0 Å². The Bertz CT molecular complexity index is 1170. The zero-order chi connectivity index (χ0) is 22.3. The Hall–Kier alpha value is -2.46. The molecule has 11 heteroatoms. The highest BCUT2D eigenvalue weighted by Crippen LogP contribution is 2.31. The first kappa shape index (κ1) is 21.8. The van der Waals surface area contributed by atoms with E-state index in [0.717, 1.165) is 17.7 Å². The van der Waals surface area contributed by atoms with E-state index < -0.39 is 34.3 Å². The lowest BCUT2D eigenvalue weighted by Gasteiger charge is -2.17. The van der Waals surface area contributed by atoms with E-state index in [1.165, 1.54) is 40.7 Å². The van der Waals surface area contributed by atoms with Gasteiger partial charge in [0, 0.05) is 18.8 Å². The summed E-state index contributed by atoms with van der Waals surface area (Å²) in [4.78, 5) is 38.4. The molecule has 0 bridgehead atoms. The van der Waals surface area contributed by atoms with E-state index >= 15 is 0 Å². The summed E-state index contributed by atoms with van der Waals surface area (Å²) in [5, 5.41) is 2.80. The van der Waals surface area contributed by atoms with E-state index in [1.807, 2.05) is 0 Å². The Kier molecular flexibility index (Phi) is 5.78. The monoisotopic (exact) mass is 481 g/mol. The molecule has 31 heavy (non-hydrogen) atoms. The Morgan fingerprint density at radius 3 is 2.13 bits per heavy atom. The number of anilines is 1. The minimum absolute atomic E-state index is 0.0669. The third-order valence-electron chi connectivity index (χ3n) is 5.13. The lowest BCUT2D eigenvalue weighted by atomic mass is 10.1. The molecule has 4 rings (SSSR count). The molecule has 1 fully saturated rings. The third kappa shape index (κ3) is 4.06. The molecule has 0 aromatic heterocycles. The van der Waals surface area contributed by atoms with Gasteiger partial charge in [0.05, 0.1) is 26.1 Å². The van der Waals surface area contributed by atoms with Crippen LogP contribution in [0.15, 0.2) is 41.3 Å². The van der Waals surface area contributed by atoms with Crippen LogP contribution < -0.4 is 5.32 Å². The standard InChI is InChI=1S/C20H17Cl2N3O5S/c21-16-9-14-15(10-17(16)22)20(28)25(19(14)27)11-18(26)23-12-4-3-5-13(8-12)31(29,30)24-6-1-2-7-24/h3-5,8-10H,1-2,6-7,11H2,(H,23,26). The number of imide groups is 1. The van der Waals surface area contributed by atoms with Crippen LogP contribution in [0.3, 0.4) is 0 Å². The summed E-state index contributed by atoms with van der Waals surface area (Å²) in [5.41, 5.74) is 0.393. The summed E-state index contributed by atoms with van der Waals surface area (Å²) in [6.07, 6.45) is 1.62. The molecule has 2 aliphatic heterocycles. The maximum atomic E-state index is 12.7. The number of benzene rings is 2. The first-order valence-electron chi connectivity index (χ1n) is 9.44. The molecule has 162 valence electrons. The summed E-state index contributed by atoms with van der Waals surface area (Å²) in [6, 6.07) is 8.45. The summed E-state index contributed by atoms with van der Waals surface area (Å²) in [5.74, 6) is -1.96. The fraction of sp³-hybridized carbons (Fsp3) is 0.250. The molecule has 2 aromatic rings. The first-order chi connectivity index (χ1) is 14.7. The largest absolute Gasteiger partial charge is 0.324 e. The number of hydrogen-bond acceptors (Lipinski definition) is 5. The summed E-state index contributed by atoms with van der Waals surface area (Å²) < 4.78 is 26.8. The molecule has 8 nitrogen and oxygen atoms in total. The lowest BCUT2D eigenvalue weighted by Crippen LogP contribution is -2.37. The zero-order valence-corrected chi connectivity index (χ0v) is 18.4. The number of hydrogen-bond donors (Lipinski definition) is 1. The summed E-state index contributed by atoms with van der Waals surface area (Å²) in [7, 11) is -3.64. The van der Waals surface area contributed by atoms with Crippen molar-refractivity contribution < 1.29 is 22.8 Å². The first-order valence-corrected chi connectivity index (χ1v) is 11.6. The SMILES string of the molecule is O=C(CN1C(=O)c2cc(Cl)c(Cl)cc2C1=O)Nc1cccc(S(=O)(=O)N2CCCC2)c1. The predicted molar refractivity (Wildman–Crippen MR) is 115 cm³/mol. The van der Waals surface area contributed by atoms with Crippen LogP contribution in [0.4, 0.5) is 5.69 Å². The van der Waals surface area contributed by atoms with Crippen LogP contribution >= 0.6 is 23.2 Å². The van der Waals surface area contributed by atoms with Gasteiger partial charge in [-0.15, -0.1) is 0 Å². The van der Waals surface area contributed by atoms with Gasteiger partial charge in [-0.1, -0.05) is 29.3 Å². The quantitative estimate of drug-likeness (QED) is 0.660. The molecule has 0 spiro atoms. The van der Waals surface area contributed by atoms with Gasteiger partial charge < -0.3 is 5.32 Å². The second-order valence-electron chi connectivity index (χ2n) is 7.20. The van der Waals surface area contributed by atoms with Crippen molar-refractivity contribution in [2.75, 3.05) is 25.0 Å². The highest BCUT2D eigenvalue weighted by Gasteiger charge is 2.37. The van der Waals surface area contributed by atoms with Gasteiger partial charge >= 0.3 is 0 Å². The van der Waals surface area contributed by atoms with Gasteiger partial charge in [-0.25, -0.2) is 8.42 Å². The van der Waals surface area contributed by atoms with Crippen LogP contribution in [0.2, 0.25) is 10.0 Å². The molecular formula is C20H17Cl2N3O5S. The van der Waals surface area contributed by atoms with E-state index in [9.17, 15) is 22.8 Å². The predicted octanol–water partition coefficient (Wildman–Crippen LogP) is 3.01. The lowest BCUT2D eigenvalue weighted by molar-refractivity contribution is -0.116. The number of carbonyl (C=O) groups excluding carboxylic acids is 3. The molecule has 2 aromatic carbocycles. The Labute approximate surface area is 188 Å². The van der Waals surface area contributed by atoms with Crippen molar-refractivity contribution in [1.29, 1.82) is 0 Å². The molecule has 0 atom stereocenters. The molecular weight excluding hydrogens is 465 g/mol. The van der Waals surface area contributed by atoms with Crippen LogP contribution in [-0.4, -0.2) is 55.0 Å². The van der Waals surface area contributed by atoms with E-state index in [1.54, 1.807) is 0 Å². The average Bonchev–Trinajstić information content (AvgIpc) is 3.34. The Balaban J connectivity index is 1.49. The normalized spacial score (nSPS) is 16.6. The number of nitrogens with one attached hydrogen (secondary N) is 1. The number of fused-ring (bicyclic) bond motifs is 1. The number of halogens is 2. The van der Waals surface area contributed by atoms with Gasteiger partial charge in [0.2, 0.25) is 15.9 Å². The van der Waals surface area contributed by atoms with E-state index in [4.69, 9.17) is 23.2 Å². The van der Waals surface area contributed by atoms with E-state index in [-0.39, 0.29) is 31.8 Å². The van der Waals surface area contributed by atoms with Crippen molar-refractivity contribution in [2.24, 2.45) is 0 Å². The number of nitrogens with zero attached hydrogens (tertiary/aromatic N) is 2. The molecule has 2 heterocycles. The molecule has 2 aliphatic rings. The third-order valence-corrected chi connectivity index (χ3v) is 7.75.